The van der Waals surface area contributed by atoms with E-state index in [-0.39, 0.29) is 22.7 Å². The number of azo groups is 1. The lowest BCUT2D eigenvalue weighted by Crippen LogP contribution is -2.25. The first-order chi connectivity index (χ1) is 8.37. The Hall–Kier alpha value is -1.63. The third-order valence-corrected chi connectivity index (χ3v) is 3.30. The van der Waals surface area contributed by atoms with E-state index in [1.165, 1.54) is 11.3 Å². The average Bonchev–Trinajstić information content (AvgIpc) is 2.61. The number of aryl methyl sites for hydroxylation is 1. The molecule has 0 saturated heterocycles. The van der Waals surface area contributed by atoms with Crippen LogP contribution >= 0.6 is 11.3 Å². The Kier molecular flexibility index (Phi) is 3.25. The van der Waals surface area contributed by atoms with Gasteiger partial charge >= 0.3 is 0 Å². The normalized spacial score (nSPS) is 19.8. The van der Waals surface area contributed by atoms with Gasteiger partial charge in [-0.25, -0.2) is 0 Å². The number of Topliss-reactive ketones (excluding diaryl/α,β-unsaturated/α-hetero) is 1. The minimum Gasteiger partial charge on any atom is -0.510 e. The van der Waals surface area contributed by atoms with Gasteiger partial charge in [-0.3, -0.25) is 4.79 Å². The van der Waals surface area contributed by atoms with Crippen molar-refractivity contribution in [2.24, 2.45) is 15.6 Å². The number of nitrogens with zero attached hydrogens (tertiary/aromatic N) is 4. The van der Waals surface area contributed by atoms with E-state index in [0.717, 1.165) is 5.01 Å². The van der Waals surface area contributed by atoms with Crippen LogP contribution in [0, 0.1) is 12.3 Å². The van der Waals surface area contributed by atoms with Gasteiger partial charge in [0, 0.05) is 12.8 Å². The summed E-state index contributed by atoms with van der Waals surface area (Å²) in [6.45, 7) is 5.67. The van der Waals surface area contributed by atoms with Crippen LogP contribution in [-0.4, -0.2) is 21.1 Å². The first-order valence-corrected chi connectivity index (χ1v) is 6.36. The molecule has 1 aliphatic rings. The molecule has 0 atom stereocenters. The molecule has 0 bridgehead atoms. The van der Waals surface area contributed by atoms with E-state index in [4.69, 9.17) is 0 Å². The summed E-state index contributed by atoms with van der Waals surface area (Å²) in [6.07, 6.45) is 0.794. The lowest BCUT2D eigenvalue weighted by Gasteiger charge is -2.27. The highest BCUT2D eigenvalue weighted by molar-refractivity contribution is 7.14. The van der Waals surface area contributed by atoms with Crippen molar-refractivity contribution in [3.8, 4) is 0 Å². The summed E-state index contributed by atoms with van der Waals surface area (Å²) >= 11 is 1.28. The van der Waals surface area contributed by atoms with Crippen molar-refractivity contribution >= 4 is 22.3 Å². The van der Waals surface area contributed by atoms with Gasteiger partial charge in [0.1, 0.15) is 10.8 Å². The molecule has 0 saturated carbocycles. The number of allylic oxidation sites excluding steroid dienone is 2. The van der Waals surface area contributed by atoms with Crippen LogP contribution in [0.4, 0.5) is 5.13 Å². The van der Waals surface area contributed by atoms with Crippen LogP contribution in [0.1, 0.15) is 31.7 Å². The molecule has 1 heterocycles. The molecule has 18 heavy (non-hydrogen) atoms. The van der Waals surface area contributed by atoms with Gasteiger partial charge in [-0.15, -0.1) is 20.4 Å². The number of hydrogen-bond donors (Lipinski definition) is 1. The Morgan fingerprint density at radius 1 is 1.28 bits per heavy atom. The van der Waals surface area contributed by atoms with Crippen molar-refractivity contribution < 1.29 is 9.90 Å². The number of carbonyl (C=O) groups excluding carboxylic acids is 1. The first-order valence-electron chi connectivity index (χ1n) is 5.54. The monoisotopic (exact) mass is 266 g/mol. The lowest BCUT2D eigenvalue weighted by molar-refractivity contribution is -0.118. The molecule has 0 aliphatic heterocycles. The third kappa shape index (κ3) is 2.79. The summed E-state index contributed by atoms with van der Waals surface area (Å²) in [4.78, 5) is 11.8. The van der Waals surface area contributed by atoms with Crippen molar-refractivity contribution in [2.75, 3.05) is 0 Å². The highest BCUT2D eigenvalue weighted by atomic mass is 32.1. The second-order valence-electron chi connectivity index (χ2n) is 5.04. The van der Waals surface area contributed by atoms with E-state index >= 15 is 0 Å². The molecule has 96 valence electrons. The molecule has 0 amide bonds. The molecule has 0 radical (unpaired) electrons. The Bertz CT molecular complexity index is 545. The van der Waals surface area contributed by atoms with E-state index in [9.17, 15) is 9.90 Å². The van der Waals surface area contributed by atoms with Crippen molar-refractivity contribution in [1.29, 1.82) is 0 Å². The van der Waals surface area contributed by atoms with Gasteiger partial charge in [-0.2, -0.15) is 0 Å². The predicted octanol–water partition coefficient (Wildman–Crippen LogP) is 3.09. The number of carbonyl (C=O) groups is 1. The summed E-state index contributed by atoms with van der Waals surface area (Å²) < 4.78 is 0. The summed E-state index contributed by atoms with van der Waals surface area (Å²) in [6, 6.07) is 0. The molecule has 2 rings (SSSR count). The van der Waals surface area contributed by atoms with Crippen LogP contribution in [0.2, 0.25) is 0 Å². The molecule has 0 spiro atoms. The zero-order valence-electron chi connectivity index (χ0n) is 10.5. The zero-order valence-corrected chi connectivity index (χ0v) is 11.3. The van der Waals surface area contributed by atoms with Crippen LogP contribution in [-0.2, 0) is 4.79 Å². The molecule has 1 aromatic heterocycles. The third-order valence-electron chi connectivity index (χ3n) is 2.57. The van der Waals surface area contributed by atoms with Gasteiger partial charge < -0.3 is 5.11 Å². The molecule has 0 fully saturated rings. The summed E-state index contributed by atoms with van der Waals surface area (Å²) in [5, 5.41) is 26.2. The molecule has 1 aromatic rings. The van der Waals surface area contributed by atoms with Crippen molar-refractivity contribution in [2.45, 2.75) is 33.6 Å². The van der Waals surface area contributed by atoms with E-state index in [1.54, 1.807) is 0 Å². The van der Waals surface area contributed by atoms with Crippen molar-refractivity contribution in [1.82, 2.24) is 10.2 Å². The minimum atomic E-state index is -0.223. The van der Waals surface area contributed by atoms with Gasteiger partial charge in [0.15, 0.2) is 11.5 Å². The first kappa shape index (κ1) is 12.8. The van der Waals surface area contributed by atoms with Crippen molar-refractivity contribution in [3.05, 3.63) is 16.5 Å². The van der Waals surface area contributed by atoms with Crippen molar-refractivity contribution in [3.63, 3.8) is 0 Å². The second kappa shape index (κ2) is 4.56. The van der Waals surface area contributed by atoms with Gasteiger partial charge in [-0.1, -0.05) is 25.2 Å². The largest absolute Gasteiger partial charge is 0.510 e. The number of aliphatic hydroxyl groups excluding tert-OH is 1. The molecule has 6 nitrogen and oxygen atoms in total. The maximum Gasteiger partial charge on any atom is 0.251 e. The second-order valence-corrected chi connectivity index (χ2v) is 6.20. The highest BCUT2D eigenvalue weighted by Gasteiger charge is 2.33. The Balaban J connectivity index is 2.23. The quantitative estimate of drug-likeness (QED) is 0.833. The van der Waals surface area contributed by atoms with E-state index in [0.29, 0.717) is 18.0 Å². The Labute approximate surface area is 108 Å². The fourth-order valence-electron chi connectivity index (χ4n) is 1.81. The number of hydrogen-bond acceptors (Lipinski definition) is 7. The van der Waals surface area contributed by atoms with Crippen LogP contribution in [0.3, 0.4) is 0 Å². The van der Waals surface area contributed by atoms with E-state index in [1.807, 2.05) is 20.8 Å². The molecule has 1 N–H and O–H groups in total. The standard InChI is InChI=1S/C11H14N4O2S/c1-6-12-14-10(18-6)15-13-9-7(16)4-11(2,3)5-8(9)17/h16H,4-5H2,1-3H3. The van der Waals surface area contributed by atoms with Gasteiger partial charge in [0.25, 0.3) is 5.13 Å². The number of ketones is 1. The lowest BCUT2D eigenvalue weighted by atomic mass is 9.78. The molecule has 7 heteroatoms. The summed E-state index contributed by atoms with van der Waals surface area (Å²) in [7, 11) is 0. The van der Waals surface area contributed by atoms with Gasteiger partial charge in [0.2, 0.25) is 0 Å². The number of rotatable bonds is 2. The predicted molar refractivity (Wildman–Crippen MR) is 66.8 cm³/mol. The fourth-order valence-corrected chi connectivity index (χ4v) is 2.32. The molecule has 0 unspecified atom stereocenters. The number of aliphatic hydroxyl groups is 1. The van der Waals surface area contributed by atoms with Crippen LogP contribution in [0.15, 0.2) is 21.7 Å². The van der Waals surface area contributed by atoms with Crippen LogP contribution < -0.4 is 0 Å². The topological polar surface area (TPSA) is 87.8 Å². The van der Waals surface area contributed by atoms with E-state index < -0.39 is 0 Å². The van der Waals surface area contributed by atoms with Crippen LogP contribution in [0.25, 0.3) is 0 Å². The molecule has 0 aromatic carbocycles. The summed E-state index contributed by atoms with van der Waals surface area (Å²) in [5.74, 6) is -0.185. The average molecular weight is 266 g/mol. The van der Waals surface area contributed by atoms with E-state index in [2.05, 4.69) is 20.4 Å². The minimum absolute atomic E-state index is 0.00115. The SMILES string of the molecule is Cc1nnc(N=NC2=C(O)CC(C)(C)CC2=O)s1. The Morgan fingerprint density at radius 2 is 2.00 bits per heavy atom. The summed E-state index contributed by atoms with van der Waals surface area (Å²) in [5.41, 5.74) is -0.179. The maximum absolute atomic E-state index is 11.8. The van der Waals surface area contributed by atoms with Crippen LogP contribution in [0.5, 0.6) is 0 Å². The Morgan fingerprint density at radius 3 is 2.56 bits per heavy atom. The zero-order chi connectivity index (χ0) is 13.3. The van der Waals surface area contributed by atoms with Gasteiger partial charge in [-0.05, 0) is 12.3 Å². The molecule has 1 aliphatic carbocycles. The maximum atomic E-state index is 11.8. The highest BCUT2D eigenvalue weighted by Crippen LogP contribution is 2.36. The molecular formula is C11H14N4O2S. The smallest absolute Gasteiger partial charge is 0.251 e. The molecular weight excluding hydrogens is 252 g/mol. The number of aromatic nitrogens is 2. The fraction of sp³-hybridized carbons (Fsp3) is 0.545. The van der Waals surface area contributed by atoms with Gasteiger partial charge in [0.05, 0.1) is 0 Å².